The number of carbonyl (C=O) groups excluding carboxylic acids is 2. The number of amides is 1. The highest BCUT2D eigenvalue weighted by atomic mass is 35.5. The number of aliphatic hydroxyl groups is 1. The van der Waals surface area contributed by atoms with E-state index < -0.39 is 17.7 Å². The number of ether oxygens (including phenoxy) is 2. The van der Waals surface area contributed by atoms with Crippen LogP contribution in [0.3, 0.4) is 0 Å². The maximum absolute atomic E-state index is 13.3. The second-order valence-electron chi connectivity index (χ2n) is 7.86. The van der Waals surface area contributed by atoms with Crippen molar-refractivity contribution in [1.29, 1.82) is 0 Å². The average Bonchev–Trinajstić information content (AvgIpc) is 3.10. The Kier molecular flexibility index (Phi) is 6.61. The van der Waals surface area contributed by atoms with Gasteiger partial charge in [0.2, 0.25) is 0 Å². The summed E-state index contributed by atoms with van der Waals surface area (Å²) in [6.07, 6.45) is 0. The van der Waals surface area contributed by atoms with Crippen LogP contribution in [0.1, 0.15) is 29.7 Å². The molecule has 1 atom stereocenters. The number of carbonyl (C=O) groups is 2. The summed E-state index contributed by atoms with van der Waals surface area (Å²) in [4.78, 5) is 27.9. The number of rotatable bonds is 6. The van der Waals surface area contributed by atoms with Gasteiger partial charge in [-0.1, -0.05) is 41.4 Å². The predicted molar refractivity (Wildman–Crippen MR) is 132 cm³/mol. The molecule has 0 saturated carbocycles. The van der Waals surface area contributed by atoms with Gasteiger partial charge in [0.25, 0.3) is 11.7 Å². The van der Waals surface area contributed by atoms with E-state index in [1.807, 2.05) is 38.1 Å². The van der Waals surface area contributed by atoms with Gasteiger partial charge in [-0.25, -0.2) is 0 Å². The molecule has 6 nitrogen and oxygen atoms in total. The van der Waals surface area contributed by atoms with E-state index in [2.05, 4.69) is 0 Å². The number of anilines is 1. The van der Waals surface area contributed by atoms with E-state index in [1.54, 1.807) is 49.6 Å². The zero-order chi connectivity index (χ0) is 24.4. The van der Waals surface area contributed by atoms with E-state index in [4.69, 9.17) is 21.1 Å². The molecule has 1 unspecified atom stereocenters. The number of aryl methyl sites for hydroxylation is 1. The van der Waals surface area contributed by atoms with Crippen LogP contribution in [-0.2, 0) is 9.59 Å². The van der Waals surface area contributed by atoms with Crippen LogP contribution in [0.5, 0.6) is 11.5 Å². The molecule has 1 aliphatic rings. The van der Waals surface area contributed by atoms with Crippen molar-refractivity contribution in [2.75, 3.05) is 18.6 Å². The fraction of sp³-hybridized carbons (Fsp3) is 0.185. The van der Waals surface area contributed by atoms with Crippen molar-refractivity contribution < 1.29 is 24.2 Å². The molecule has 3 aromatic rings. The Hall–Kier alpha value is -3.77. The first kappa shape index (κ1) is 23.4. The van der Waals surface area contributed by atoms with Crippen molar-refractivity contribution in [3.05, 3.63) is 94.0 Å². The maximum atomic E-state index is 13.3. The van der Waals surface area contributed by atoms with Gasteiger partial charge in [-0.15, -0.1) is 0 Å². The average molecular weight is 478 g/mol. The SMILES string of the molecule is CCOc1cc(/C(O)=C2/C(=O)C(=O)N(c3ccc(OC)cc3)C2c2cccc(C)c2)ccc1Cl. The Morgan fingerprint density at radius 2 is 1.79 bits per heavy atom. The van der Waals surface area contributed by atoms with E-state index in [0.29, 0.717) is 39.9 Å². The van der Waals surface area contributed by atoms with Gasteiger partial charge in [0, 0.05) is 11.3 Å². The van der Waals surface area contributed by atoms with Gasteiger partial charge >= 0.3 is 0 Å². The van der Waals surface area contributed by atoms with E-state index in [9.17, 15) is 14.7 Å². The molecule has 34 heavy (non-hydrogen) atoms. The fourth-order valence-corrected chi connectivity index (χ4v) is 4.24. The van der Waals surface area contributed by atoms with Crippen LogP contribution in [0, 0.1) is 6.92 Å². The third-order valence-corrected chi connectivity index (χ3v) is 5.97. The molecule has 0 spiro atoms. The van der Waals surface area contributed by atoms with Gasteiger partial charge in [0.15, 0.2) is 0 Å². The molecule has 1 saturated heterocycles. The highest BCUT2D eigenvalue weighted by molar-refractivity contribution is 6.51. The van der Waals surface area contributed by atoms with Crippen molar-refractivity contribution in [1.82, 2.24) is 0 Å². The molecule has 1 amide bonds. The topological polar surface area (TPSA) is 76.1 Å². The lowest BCUT2D eigenvalue weighted by Crippen LogP contribution is -2.29. The number of benzene rings is 3. The summed E-state index contributed by atoms with van der Waals surface area (Å²) in [5.74, 6) is -0.787. The summed E-state index contributed by atoms with van der Waals surface area (Å²) in [5.41, 5.74) is 2.51. The molecule has 7 heteroatoms. The summed E-state index contributed by atoms with van der Waals surface area (Å²) in [5, 5.41) is 11.7. The van der Waals surface area contributed by atoms with Gasteiger partial charge in [-0.2, -0.15) is 0 Å². The molecule has 0 radical (unpaired) electrons. The molecule has 1 fully saturated rings. The van der Waals surface area contributed by atoms with E-state index in [-0.39, 0.29) is 11.3 Å². The summed E-state index contributed by atoms with van der Waals surface area (Å²) < 4.78 is 10.8. The number of nitrogens with zero attached hydrogens (tertiary/aromatic N) is 1. The van der Waals surface area contributed by atoms with Crippen LogP contribution in [0.15, 0.2) is 72.3 Å². The monoisotopic (exact) mass is 477 g/mol. The minimum atomic E-state index is -0.820. The number of ketones is 1. The number of aliphatic hydroxyl groups excluding tert-OH is 1. The van der Waals surface area contributed by atoms with E-state index >= 15 is 0 Å². The standard InChI is InChI=1S/C27H24ClNO5/c1-4-34-22-15-18(8-13-21(22)28)25(30)23-24(17-7-5-6-16(2)14-17)29(27(32)26(23)31)19-9-11-20(33-3)12-10-19/h5-15,24,30H,4H2,1-3H3/b25-23-. The molecular weight excluding hydrogens is 454 g/mol. The van der Waals surface area contributed by atoms with Crippen molar-refractivity contribution in [3.63, 3.8) is 0 Å². The van der Waals surface area contributed by atoms with Crippen LogP contribution in [0.2, 0.25) is 5.02 Å². The molecule has 3 aromatic carbocycles. The van der Waals surface area contributed by atoms with Crippen LogP contribution < -0.4 is 14.4 Å². The largest absolute Gasteiger partial charge is 0.507 e. The Balaban J connectivity index is 1.92. The van der Waals surface area contributed by atoms with Crippen LogP contribution >= 0.6 is 11.6 Å². The first-order chi connectivity index (χ1) is 16.3. The Morgan fingerprint density at radius 3 is 2.44 bits per heavy atom. The third-order valence-electron chi connectivity index (χ3n) is 5.66. The smallest absolute Gasteiger partial charge is 0.300 e. The highest BCUT2D eigenvalue weighted by Gasteiger charge is 2.47. The van der Waals surface area contributed by atoms with Crippen molar-refractivity contribution in [2.45, 2.75) is 19.9 Å². The molecule has 0 aliphatic carbocycles. The van der Waals surface area contributed by atoms with Crippen molar-refractivity contribution >= 4 is 34.7 Å². The quantitative estimate of drug-likeness (QED) is 0.281. The Bertz CT molecular complexity index is 1280. The fourth-order valence-electron chi connectivity index (χ4n) is 4.07. The third kappa shape index (κ3) is 4.24. The summed E-state index contributed by atoms with van der Waals surface area (Å²) in [7, 11) is 1.55. The first-order valence-electron chi connectivity index (χ1n) is 10.8. The maximum Gasteiger partial charge on any atom is 0.300 e. The van der Waals surface area contributed by atoms with Crippen LogP contribution in [0.25, 0.3) is 5.76 Å². The zero-order valence-corrected chi connectivity index (χ0v) is 19.8. The number of halogens is 1. The van der Waals surface area contributed by atoms with Gasteiger partial charge in [0.1, 0.15) is 17.3 Å². The molecular formula is C27H24ClNO5. The molecule has 0 bridgehead atoms. The number of methoxy groups -OCH3 is 1. The molecule has 1 N–H and O–H groups in total. The van der Waals surface area contributed by atoms with E-state index in [0.717, 1.165) is 5.56 Å². The normalized spacial score (nSPS) is 17.2. The van der Waals surface area contributed by atoms with Crippen molar-refractivity contribution in [2.24, 2.45) is 0 Å². The predicted octanol–water partition coefficient (Wildman–Crippen LogP) is 5.68. The lowest BCUT2D eigenvalue weighted by molar-refractivity contribution is -0.132. The highest BCUT2D eigenvalue weighted by Crippen LogP contribution is 2.43. The second kappa shape index (κ2) is 9.61. The van der Waals surface area contributed by atoms with Crippen LogP contribution in [0.4, 0.5) is 5.69 Å². The second-order valence-corrected chi connectivity index (χ2v) is 8.27. The number of Topliss-reactive ketones (excluding diaryl/α,β-unsaturated/α-hetero) is 1. The summed E-state index contributed by atoms with van der Waals surface area (Å²) in [6.45, 7) is 4.13. The summed E-state index contributed by atoms with van der Waals surface area (Å²) in [6, 6.07) is 18.3. The zero-order valence-electron chi connectivity index (χ0n) is 19.0. The Morgan fingerprint density at radius 1 is 1.06 bits per heavy atom. The Labute approximate surface area is 203 Å². The van der Waals surface area contributed by atoms with Crippen LogP contribution in [-0.4, -0.2) is 30.5 Å². The van der Waals surface area contributed by atoms with E-state index in [1.165, 1.54) is 4.90 Å². The molecule has 174 valence electrons. The van der Waals surface area contributed by atoms with Gasteiger partial charge in [-0.3, -0.25) is 14.5 Å². The molecule has 0 aromatic heterocycles. The van der Waals surface area contributed by atoms with Gasteiger partial charge in [0.05, 0.1) is 30.4 Å². The van der Waals surface area contributed by atoms with Gasteiger partial charge < -0.3 is 14.6 Å². The number of hydrogen-bond donors (Lipinski definition) is 1. The number of hydrogen-bond acceptors (Lipinski definition) is 5. The molecule has 4 rings (SSSR count). The minimum absolute atomic E-state index is 0.00353. The molecule has 1 aliphatic heterocycles. The summed E-state index contributed by atoms with van der Waals surface area (Å²) >= 11 is 6.20. The minimum Gasteiger partial charge on any atom is -0.507 e. The lowest BCUT2D eigenvalue weighted by atomic mass is 9.94. The first-order valence-corrected chi connectivity index (χ1v) is 11.2. The molecule has 1 heterocycles. The van der Waals surface area contributed by atoms with Gasteiger partial charge in [-0.05, 0) is 61.9 Å². The van der Waals surface area contributed by atoms with Crippen molar-refractivity contribution in [3.8, 4) is 11.5 Å². The lowest BCUT2D eigenvalue weighted by Gasteiger charge is -2.26.